The van der Waals surface area contributed by atoms with E-state index < -0.39 is 70.4 Å². The molecule has 28 heteroatoms. The highest BCUT2D eigenvalue weighted by atomic mass is 35.5. The van der Waals surface area contributed by atoms with Gasteiger partial charge in [0.25, 0.3) is 0 Å². The number of halogens is 1. The third-order valence-corrected chi connectivity index (χ3v) is 48.1. The number of likely N-dealkylation sites (N-methyl/N-ethyl adjacent to an activating group) is 5. The number of nitrogens with zero attached hydrogens (tertiary/aromatic N) is 15. The SMILES string of the molecule is CN(C)C(=O)Cl.CN(C)C(=O)N1C=CC([Si](C)(C)C)C([C@@H]2CCCN2C)=C1.CN1CCC[C@H]1C1=CN([Si](C)(C)C)C=CC1[Si](C)(C)C.CN1CCC[C@H]1C1=CN([Si](C)(C)C)C=CC1[Si](C)(C)C.CN1CCC[C@H]1C1=CN([Si](C)(C)C)C=CC1[Si](C)(C)C.CN1CCC[C@H]1C1=CNC=CC1[Si](C)(C)C.CN1CCC[C@H]1c1cccnc1.CN1CCC[C@H]1c1cncc(Cc2ccccc2)c1.O=Cc1ccccc1. The number of dihydropyridines is 1. The van der Waals surface area contributed by atoms with Crippen LogP contribution in [0.3, 0.4) is 0 Å². The highest BCUT2D eigenvalue weighted by Gasteiger charge is 2.45. The molecule has 1 N–H and O–H groups in total. The van der Waals surface area contributed by atoms with Gasteiger partial charge in [-0.25, -0.2) is 4.79 Å². The van der Waals surface area contributed by atoms with Crippen LogP contribution in [-0.2, 0) is 6.42 Å². The van der Waals surface area contributed by atoms with Crippen LogP contribution in [0.25, 0.3) is 0 Å². The van der Waals surface area contributed by atoms with Gasteiger partial charge in [0, 0.05) is 119 Å². The number of urea groups is 1. The van der Waals surface area contributed by atoms with E-state index in [1.54, 1.807) is 72.4 Å². The molecule has 4 aromatic rings. The Morgan fingerprint density at radius 3 is 0.972 bits per heavy atom. The second kappa shape index (κ2) is 54.1. The first-order chi connectivity index (χ1) is 66.3. The van der Waals surface area contributed by atoms with Crippen LogP contribution < -0.4 is 5.32 Å². The maximum atomic E-state index is 12.2. The molecule has 12 aliphatic rings. The quantitative estimate of drug-likeness (QED) is 0.0438. The number of hydrogen-bond acceptors (Lipinski definition) is 16. The van der Waals surface area contributed by atoms with E-state index in [2.05, 4.69) is 398 Å². The fraction of sp³-hybridized carbons (Fsp3) is 0.605. The van der Waals surface area contributed by atoms with E-state index >= 15 is 0 Å². The molecule has 12 atom stereocenters. The van der Waals surface area contributed by atoms with Crippen molar-refractivity contribution in [3.8, 4) is 0 Å². The Kier molecular flexibility index (Phi) is 46.0. The van der Waals surface area contributed by atoms with Gasteiger partial charge in [-0.15, -0.1) is 0 Å². The fourth-order valence-corrected chi connectivity index (χ4v) is 34.7. The van der Waals surface area contributed by atoms with Gasteiger partial charge in [-0.3, -0.25) is 58.8 Å². The van der Waals surface area contributed by atoms with Gasteiger partial charge in [0.05, 0.1) is 40.4 Å². The molecule has 2 aromatic heterocycles. The molecule has 788 valence electrons. The number of aldehydes is 1. The van der Waals surface area contributed by atoms with Gasteiger partial charge in [0.1, 0.15) is 6.29 Å². The summed E-state index contributed by atoms with van der Waals surface area (Å²) in [5, 5.41) is 2.85. The van der Waals surface area contributed by atoms with Gasteiger partial charge in [0.2, 0.25) is 0 Å². The van der Waals surface area contributed by atoms with Crippen molar-refractivity contribution >= 4 is 94.4 Å². The molecule has 0 radical (unpaired) electrons. The van der Waals surface area contributed by atoms with E-state index in [4.69, 9.17) is 11.6 Å². The zero-order chi connectivity index (χ0) is 105. The van der Waals surface area contributed by atoms with E-state index in [9.17, 15) is 14.4 Å². The molecule has 142 heavy (non-hydrogen) atoms. The maximum absolute atomic E-state index is 12.2. The summed E-state index contributed by atoms with van der Waals surface area (Å²) in [6, 6.07) is 30.6. The van der Waals surface area contributed by atoms with Gasteiger partial charge in [-0.1, -0.05) is 260 Å². The smallest absolute Gasteiger partial charge is 0.327 e. The minimum Gasteiger partial charge on any atom is -0.381 e. The molecule has 2 aromatic carbocycles. The Hall–Kier alpha value is -6.50. The minimum absolute atomic E-state index is 0.0263. The maximum Gasteiger partial charge on any atom is 0.327 e. The zero-order valence-electron chi connectivity index (χ0n) is 95.3. The lowest BCUT2D eigenvalue weighted by Crippen LogP contribution is -2.44. The molecule has 3 amide bonds. The molecule has 0 aliphatic carbocycles. The number of carbonyl (C=O) groups is 3. The second-order valence-electron chi connectivity index (χ2n) is 50.8. The Labute approximate surface area is 878 Å². The molecule has 0 saturated carbocycles. The summed E-state index contributed by atoms with van der Waals surface area (Å²) in [5.74, 6) is 0. The Morgan fingerprint density at radius 2 is 0.676 bits per heavy atom. The van der Waals surface area contributed by atoms with Crippen molar-refractivity contribution in [2.24, 2.45) is 0 Å². The first kappa shape index (κ1) is 121. The number of benzene rings is 2. The van der Waals surface area contributed by atoms with Gasteiger partial charge in [-0.05, 0) is 330 Å². The number of aromatic nitrogens is 2. The highest BCUT2D eigenvalue weighted by Crippen LogP contribution is 2.47. The van der Waals surface area contributed by atoms with Crippen LogP contribution >= 0.6 is 11.6 Å². The molecule has 14 heterocycles. The Morgan fingerprint density at radius 1 is 0.366 bits per heavy atom. The number of rotatable bonds is 18. The number of allylic oxidation sites excluding steroid dienone is 5. The van der Waals surface area contributed by atoms with E-state index in [1.807, 2.05) is 55.3 Å². The van der Waals surface area contributed by atoms with Crippen LogP contribution in [0.4, 0.5) is 9.59 Å². The monoisotopic (exact) mass is 2100 g/mol. The topological polar surface area (TPSA) is 131 Å². The van der Waals surface area contributed by atoms with Crippen molar-refractivity contribution in [2.45, 2.75) is 323 Å². The minimum atomic E-state index is -1.34. The van der Waals surface area contributed by atoms with Gasteiger partial charge in [-0.2, -0.15) is 0 Å². The van der Waals surface area contributed by atoms with E-state index in [-0.39, 0.29) is 6.03 Å². The van der Waals surface area contributed by atoms with Gasteiger partial charge >= 0.3 is 11.4 Å². The van der Waals surface area contributed by atoms with Crippen molar-refractivity contribution in [1.82, 2.24) is 78.0 Å². The number of nitrogens with one attached hydrogen (secondary N) is 1. The number of hydrogen-bond donors (Lipinski definition) is 1. The van der Waals surface area contributed by atoms with Crippen molar-refractivity contribution in [3.63, 3.8) is 0 Å². The standard InChI is InChI=1S/C17H20N2.C16H29N3OSi.3C16H32N2Si2.C13H24N2Si.C10H14N2.C7H6O.C3H6ClNO/c1-19-9-5-8-17(19)16-11-15(12-18-13-16)10-14-6-3-2-4-7-14;1-17(2)16(20)19-11-9-15(21(4,5)6)13(12-19)14-8-7-10-18(14)3;3*1-17-11-8-9-15(17)14-13-18(20(5,6)7)12-10-16(14)19(2,3)4;1-15-9-5-6-12(15)11-10-14-8-7-13(11)16(2,3)4;1-12-7-3-5-10(12)9-4-2-6-11-8-9;8-6-7-4-2-1-3-5-7;1-5(2)3(4)6/h2-4,6-7,11-13,17H,5,8-10H2,1H3;9,11-12,14-15H,7-8,10H2,1-6H3;3*10,12-13,15-16H,8-9,11H2,1-7H3;7-8,10,12-14H,5-6,9H2,1-4H3;2,4,6,8,10H,3,5,7H2,1H3;1-6H;1-2H3/t17-;14-,15?;3*15-,16?;12-,13?;10-;;/m0000000../s1. The number of carbonyl (C=O) groups excluding carboxylic acids is 3. The molecule has 19 nitrogen and oxygen atoms in total. The van der Waals surface area contributed by atoms with Crippen LogP contribution in [0, 0.1) is 0 Å². The molecule has 5 unspecified atom stereocenters. The normalized spacial score (nSPS) is 25.3. The van der Waals surface area contributed by atoms with Gasteiger partial charge in [0.15, 0.2) is 24.7 Å². The largest absolute Gasteiger partial charge is 0.381 e. The highest BCUT2D eigenvalue weighted by molar-refractivity contribution is 6.81. The third kappa shape index (κ3) is 36.2. The average molecular weight is 2100 g/mol. The molecular weight excluding hydrogens is 1900 g/mol. The van der Waals surface area contributed by atoms with E-state index in [0.29, 0.717) is 70.0 Å². The van der Waals surface area contributed by atoms with Crippen LogP contribution in [0.1, 0.15) is 135 Å². The fourth-order valence-electron chi connectivity index (χ4n) is 21.9. The summed E-state index contributed by atoms with van der Waals surface area (Å²) in [5.41, 5.74) is 17.6. The van der Waals surface area contributed by atoms with Crippen molar-refractivity contribution < 1.29 is 14.4 Å². The molecule has 12 aliphatic heterocycles. The second-order valence-corrected chi connectivity index (χ2v) is 92.5. The third-order valence-electron chi connectivity index (χ3n) is 30.3. The number of likely N-dealkylation sites (tertiary alicyclic amines) is 7. The van der Waals surface area contributed by atoms with Crippen molar-refractivity contribution in [3.05, 3.63) is 252 Å². The number of amides is 3. The zero-order valence-corrected chi connectivity index (χ0v) is 104. The van der Waals surface area contributed by atoms with E-state index in [1.165, 1.54) is 162 Å². The molecule has 16 rings (SSSR count). The lowest BCUT2D eigenvalue weighted by atomic mass is 10.00. The van der Waals surface area contributed by atoms with Crippen LogP contribution in [-0.4, -0.2) is 309 Å². The Balaban J connectivity index is 0.000000199. The van der Waals surface area contributed by atoms with Crippen molar-refractivity contribution in [2.75, 3.05) is 123 Å². The molecule has 7 fully saturated rings. The first-order valence-electron chi connectivity index (χ1n) is 53.5. The predicted molar refractivity (Wildman–Crippen MR) is 633 cm³/mol. The summed E-state index contributed by atoms with van der Waals surface area (Å²) in [6.45, 7) is 67.7. The molecule has 7 saturated heterocycles. The van der Waals surface area contributed by atoms with Crippen molar-refractivity contribution in [1.29, 1.82) is 0 Å². The summed E-state index contributed by atoms with van der Waals surface area (Å²) in [4.78, 5) is 62.8. The molecule has 0 spiro atoms. The first-order valence-corrected chi connectivity index (χ1v) is 82.2. The van der Waals surface area contributed by atoms with Crippen LogP contribution in [0.15, 0.2) is 224 Å². The predicted octanol–water partition coefficient (Wildman–Crippen LogP) is 26.7. The van der Waals surface area contributed by atoms with Gasteiger partial charge < -0.3 is 28.8 Å². The van der Waals surface area contributed by atoms with E-state index in [0.717, 1.165) is 24.8 Å². The number of pyridine rings is 2. The summed E-state index contributed by atoms with van der Waals surface area (Å²) in [7, 11) is 12.6. The summed E-state index contributed by atoms with van der Waals surface area (Å²) in [6.07, 6.45) is 63.4. The summed E-state index contributed by atoms with van der Waals surface area (Å²) < 4.78 is 7.64. The molecular formula is C114H195ClN16O3Si8. The Bertz CT molecular complexity index is 4730. The van der Waals surface area contributed by atoms with Crippen LogP contribution in [0.5, 0.6) is 0 Å². The average Bonchev–Trinajstić information content (AvgIpc) is 1.11. The lowest BCUT2D eigenvalue weighted by Gasteiger charge is -2.41. The summed E-state index contributed by atoms with van der Waals surface area (Å²) >= 11 is 4.90. The molecule has 0 bridgehead atoms. The van der Waals surface area contributed by atoms with Crippen LogP contribution in [0.2, 0.25) is 185 Å². The lowest BCUT2D eigenvalue weighted by molar-refractivity contribution is 0.112.